The van der Waals surface area contributed by atoms with Gasteiger partial charge in [-0.25, -0.2) is 9.59 Å². The molecule has 2 aliphatic rings. The molecule has 5 atom stereocenters. The van der Waals surface area contributed by atoms with Gasteiger partial charge in [0.05, 0.1) is 17.7 Å². The summed E-state index contributed by atoms with van der Waals surface area (Å²) < 4.78 is 77.0. The Morgan fingerprint density at radius 2 is 0.738 bits per heavy atom. The van der Waals surface area contributed by atoms with Crippen LogP contribution in [0.15, 0.2) is 206 Å². The lowest BCUT2D eigenvalue weighted by atomic mass is 9.96. The first-order valence-corrected chi connectivity index (χ1v) is 26.4. The van der Waals surface area contributed by atoms with Crippen molar-refractivity contribution in [2.75, 3.05) is 13.7 Å². The molecule has 0 amide bonds. The van der Waals surface area contributed by atoms with Gasteiger partial charge in [0.1, 0.15) is 51.8 Å². The first kappa shape index (κ1) is 54.7. The normalized spacial score (nSPS) is 18.2. The smallest absolute Gasteiger partial charge is 0.339 e. The van der Waals surface area contributed by atoms with Crippen LogP contribution in [0.1, 0.15) is 67.9 Å². The van der Waals surface area contributed by atoms with Gasteiger partial charge in [0.25, 0.3) is 0 Å². The molecule has 14 heteroatoms. The van der Waals surface area contributed by atoms with E-state index in [2.05, 4.69) is 0 Å². The monoisotopic (exact) mass is 1080 g/mol. The molecule has 0 aliphatic carbocycles. The van der Waals surface area contributed by atoms with Gasteiger partial charge in [-0.15, -0.1) is 0 Å². The molecule has 0 saturated carbocycles. The lowest BCUT2D eigenvalue weighted by molar-refractivity contribution is -0.378. The van der Waals surface area contributed by atoms with E-state index < -0.39 is 48.4 Å². The predicted octanol–water partition coefficient (Wildman–Crippen LogP) is 12.4. The number of esters is 2. The molecule has 0 spiro atoms. The maximum atomic E-state index is 15.1. The number of fused-ring (bicyclic) bond motifs is 1. The number of ether oxygens (including phenoxy) is 12. The second-order valence-electron chi connectivity index (χ2n) is 19.6. The summed E-state index contributed by atoms with van der Waals surface area (Å²) in [5.41, 5.74) is 5.39. The standard InChI is InChI=1S/C66H62O14/c1-66(2)76-44-57-60(80-66)61(78-63(67)51-34-53(70-38-45-22-10-4-11-23-45)58(74-42-49-30-18-8-19-31-49)54(35-51)71-39-46-24-12-5-13-25-46)62(65(69-3)77-57)79-64(68)52-36-55(72-40-47-26-14-6-15-27-47)59(75-43-50-32-20-9-21-33-50)56(37-52)73-41-48-28-16-7-17-29-48/h4-37,57,60-62,65H,38-44H2,1-3H3/t57-,60-,61+,62-,65+/m1/s1. The van der Waals surface area contributed by atoms with Gasteiger partial charge in [0, 0.05) is 7.11 Å². The molecule has 0 radical (unpaired) electrons. The molecule has 10 rings (SSSR count). The van der Waals surface area contributed by atoms with Crippen molar-refractivity contribution in [1.29, 1.82) is 0 Å². The van der Waals surface area contributed by atoms with E-state index >= 15 is 9.59 Å². The highest BCUT2D eigenvalue weighted by molar-refractivity contribution is 5.92. The van der Waals surface area contributed by atoms with Crippen LogP contribution in [0.3, 0.4) is 0 Å². The third kappa shape index (κ3) is 14.3. The van der Waals surface area contributed by atoms with Gasteiger partial charge < -0.3 is 56.8 Å². The fraction of sp³-hybridized carbons (Fsp3) is 0.242. The van der Waals surface area contributed by atoms with Gasteiger partial charge in [-0.2, -0.15) is 0 Å². The minimum absolute atomic E-state index is 0.0324. The topological polar surface area (TPSA) is 145 Å². The zero-order valence-electron chi connectivity index (χ0n) is 44.7. The second kappa shape index (κ2) is 26.3. The molecule has 8 aromatic carbocycles. The summed E-state index contributed by atoms with van der Waals surface area (Å²) in [7, 11) is 1.41. The summed E-state index contributed by atoms with van der Waals surface area (Å²) in [6, 6.07) is 64.0. The van der Waals surface area contributed by atoms with Gasteiger partial charge in [-0.3, -0.25) is 0 Å². The summed E-state index contributed by atoms with van der Waals surface area (Å²) in [6.45, 7) is 4.40. The molecule has 2 aliphatic heterocycles. The fourth-order valence-electron chi connectivity index (χ4n) is 9.13. The van der Waals surface area contributed by atoms with Crippen LogP contribution < -0.4 is 28.4 Å². The lowest BCUT2D eigenvalue weighted by Gasteiger charge is -2.49. The zero-order chi connectivity index (χ0) is 55.1. The predicted molar refractivity (Wildman–Crippen MR) is 297 cm³/mol. The minimum Gasteiger partial charge on any atom is -0.485 e. The summed E-state index contributed by atoms with van der Waals surface area (Å²) in [5.74, 6) is -1.40. The molecule has 2 fully saturated rings. The summed E-state index contributed by atoms with van der Waals surface area (Å²) in [5, 5.41) is 0. The second-order valence-corrected chi connectivity index (χ2v) is 19.6. The Morgan fingerprint density at radius 3 is 1.05 bits per heavy atom. The summed E-state index contributed by atoms with van der Waals surface area (Å²) in [6.07, 6.45) is -5.87. The van der Waals surface area contributed by atoms with Crippen molar-refractivity contribution in [3.05, 3.63) is 251 Å². The molecule has 0 bridgehead atoms. The van der Waals surface area contributed by atoms with E-state index in [-0.39, 0.29) is 91.9 Å². The van der Waals surface area contributed by atoms with E-state index in [0.29, 0.717) is 0 Å². The van der Waals surface area contributed by atoms with Gasteiger partial charge in [0.2, 0.25) is 11.5 Å². The molecule has 0 aromatic heterocycles. The number of hydrogen-bond acceptors (Lipinski definition) is 14. The number of rotatable bonds is 23. The van der Waals surface area contributed by atoms with Gasteiger partial charge >= 0.3 is 11.9 Å². The van der Waals surface area contributed by atoms with E-state index in [9.17, 15) is 0 Å². The van der Waals surface area contributed by atoms with Crippen LogP contribution in [0, 0.1) is 0 Å². The summed E-state index contributed by atoms with van der Waals surface area (Å²) >= 11 is 0. The first-order chi connectivity index (χ1) is 39.1. The van der Waals surface area contributed by atoms with Crippen molar-refractivity contribution in [2.24, 2.45) is 0 Å². The molecule has 0 unspecified atom stereocenters. The summed E-state index contributed by atoms with van der Waals surface area (Å²) in [4.78, 5) is 30.2. The Labute approximate surface area is 465 Å². The number of carbonyl (C=O) groups excluding carboxylic acids is 2. The van der Waals surface area contributed by atoms with Crippen molar-refractivity contribution in [2.45, 2.75) is 90.0 Å². The highest BCUT2D eigenvalue weighted by atomic mass is 16.8. The van der Waals surface area contributed by atoms with Crippen LogP contribution in [-0.2, 0) is 68.1 Å². The Kier molecular flexibility index (Phi) is 18.0. The molecule has 410 valence electrons. The van der Waals surface area contributed by atoms with Gasteiger partial charge in [-0.05, 0) is 71.5 Å². The van der Waals surface area contributed by atoms with Crippen molar-refractivity contribution in [1.82, 2.24) is 0 Å². The van der Waals surface area contributed by atoms with Crippen LogP contribution in [0.5, 0.6) is 34.5 Å². The highest BCUT2D eigenvalue weighted by Gasteiger charge is 2.55. The minimum atomic E-state index is -1.42. The SMILES string of the molecule is CO[C@H]1O[C@@H]2COC(C)(C)O[C@H]2[C@H](OC(=O)c2cc(OCc3ccccc3)c(OCc3ccccc3)c(OCc3ccccc3)c2)[C@H]1OC(=O)c1cc(OCc2ccccc2)c(OCc2ccccc2)c(OCc2ccccc2)c1. The zero-order valence-corrected chi connectivity index (χ0v) is 44.7. The third-order valence-electron chi connectivity index (χ3n) is 13.2. The van der Waals surface area contributed by atoms with Gasteiger partial charge in [0.15, 0.2) is 47.3 Å². The largest absolute Gasteiger partial charge is 0.485 e. The van der Waals surface area contributed by atoms with E-state index in [1.54, 1.807) is 38.1 Å². The van der Waals surface area contributed by atoms with E-state index in [0.717, 1.165) is 33.4 Å². The molecule has 2 saturated heterocycles. The lowest BCUT2D eigenvalue weighted by Crippen LogP contribution is -2.66. The quantitative estimate of drug-likeness (QED) is 0.0560. The average molecular weight is 1080 g/mol. The average Bonchev–Trinajstić information content (AvgIpc) is 3.51. The van der Waals surface area contributed by atoms with Crippen molar-refractivity contribution < 1.29 is 66.4 Å². The van der Waals surface area contributed by atoms with Crippen LogP contribution in [-0.4, -0.2) is 62.1 Å². The molecule has 14 nitrogen and oxygen atoms in total. The molecular formula is C66H62O14. The number of benzene rings is 8. The van der Waals surface area contributed by atoms with Crippen molar-refractivity contribution in [3.8, 4) is 34.5 Å². The maximum Gasteiger partial charge on any atom is 0.339 e. The van der Waals surface area contributed by atoms with Crippen LogP contribution >= 0.6 is 0 Å². The number of methoxy groups -OCH3 is 1. The highest BCUT2D eigenvalue weighted by Crippen LogP contribution is 2.44. The van der Waals surface area contributed by atoms with Crippen LogP contribution in [0.4, 0.5) is 0 Å². The van der Waals surface area contributed by atoms with E-state index in [1.807, 2.05) is 182 Å². The van der Waals surface area contributed by atoms with Crippen molar-refractivity contribution >= 4 is 11.9 Å². The molecule has 0 N–H and O–H groups in total. The molecule has 80 heavy (non-hydrogen) atoms. The fourth-order valence-corrected chi connectivity index (χ4v) is 9.13. The Hall–Kier alpha value is -8.66. The van der Waals surface area contributed by atoms with Crippen LogP contribution in [0.25, 0.3) is 0 Å². The Balaban J connectivity index is 1.01. The first-order valence-electron chi connectivity index (χ1n) is 26.4. The van der Waals surface area contributed by atoms with Crippen LogP contribution in [0.2, 0.25) is 0 Å². The van der Waals surface area contributed by atoms with Gasteiger partial charge in [-0.1, -0.05) is 182 Å². The Bertz CT molecular complexity index is 3120. The van der Waals surface area contributed by atoms with E-state index in [1.165, 1.54) is 7.11 Å². The Morgan fingerprint density at radius 1 is 0.438 bits per heavy atom. The third-order valence-corrected chi connectivity index (χ3v) is 13.2. The van der Waals surface area contributed by atoms with E-state index in [4.69, 9.17) is 56.8 Å². The number of carbonyl (C=O) groups is 2. The molecule has 2 heterocycles. The van der Waals surface area contributed by atoms with Crippen molar-refractivity contribution in [3.63, 3.8) is 0 Å². The molecular weight excluding hydrogens is 1020 g/mol. The molecule has 8 aromatic rings. The maximum absolute atomic E-state index is 15.1. The number of hydrogen-bond donors (Lipinski definition) is 0.